The molecule has 19 heavy (non-hydrogen) atoms. The summed E-state index contributed by atoms with van der Waals surface area (Å²) in [5.41, 5.74) is 1.10. The fourth-order valence-corrected chi connectivity index (χ4v) is 3.05. The molecule has 1 saturated heterocycles. The first-order valence-electron chi connectivity index (χ1n) is 6.84. The molecule has 0 spiro atoms. The van der Waals surface area contributed by atoms with Gasteiger partial charge in [0.2, 0.25) is 0 Å². The minimum atomic E-state index is -0.150. The topological polar surface area (TPSA) is 68.4 Å². The minimum Gasteiger partial charge on any atom is -0.367 e. The lowest BCUT2D eigenvalue weighted by Gasteiger charge is -2.41. The van der Waals surface area contributed by atoms with Crippen LogP contribution in [0.25, 0.3) is 0 Å². The Labute approximate surface area is 113 Å². The Bertz CT molecular complexity index is 444. The zero-order valence-corrected chi connectivity index (χ0v) is 11.4. The van der Waals surface area contributed by atoms with Gasteiger partial charge in [0.1, 0.15) is 12.0 Å². The van der Waals surface area contributed by atoms with Crippen LogP contribution in [0.3, 0.4) is 0 Å². The van der Waals surface area contributed by atoms with E-state index in [0.29, 0.717) is 12.0 Å². The van der Waals surface area contributed by atoms with Crippen LogP contribution in [0.1, 0.15) is 13.3 Å². The molecule has 3 aliphatic rings. The standard InChI is InChI=1S/C13H21N5O/c1-8-3-5-14-7-10(8)18(2)12-9-4-6-15-11(9)16-13(19)17-12/h4,6,8,10-11,14-15H,3,5,7H2,1-2H3,(H2,16,17,19). The van der Waals surface area contributed by atoms with Gasteiger partial charge in [-0.05, 0) is 31.2 Å². The van der Waals surface area contributed by atoms with Gasteiger partial charge < -0.3 is 20.9 Å². The van der Waals surface area contributed by atoms with Crippen molar-refractivity contribution in [2.75, 3.05) is 20.1 Å². The third kappa shape index (κ3) is 2.16. The molecule has 4 N–H and O–H groups in total. The number of rotatable bonds is 2. The van der Waals surface area contributed by atoms with Crippen LogP contribution in [0.15, 0.2) is 23.7 Å². The molecule has 0 aromatic carbocycles. The number of hydrogen-bond acceptors (Lipinski definition) is 4. The number of piperidine rings is 1. The number of hydrogen-bond donors (Lipinski definition) is 4. The Balaban J connectivity index is 1.86. The van der Waals surface area contributed by atoms with E-state index in [1.165, 1.54) is 6.42 Å². The number of amides is 2. The second-order valence-electron chi connectivity index (χ2n) is 5.48. The van der Waals surface area contributed by atoms with Gasteiger partial charge in [-0.15, -0.1) is 0 Å². The van der Waals surface area contributed by atoms with Crippen LogP contribution in [0.2, 0.25) is 0 Å². The van der Waals surface area contributed by atoms with E-state index in [0.717, 1.165) is 24.5 Å². The predicted octanol–water partition coefficient (Wildman–Crippen LogP) is -0.116. The Morgan fingerprint density at radius 1 is 1.42 bits per heavy atom. The highest BCUT2D eigenvalue weighted by Crippen LogP contribution is 2.24. The summed E-state index contributed by atoms with van der Waals surface area (Å²) < 4.78 is 0. The van der Waals surface area contributed by atoms with Crippen molar-refractivity contribution in [1.82, 2.24) is 26.2 Å². The van der Waals surface area contributed by atoms with Crippen LogP contribution >= 0.6 is 0 Å². The number of carbonyl (C=O) groups excluding carboxylic acids is 1. The zero-order chi connectivity index (χ0) is 13.4. The normalized spacial score (nSPS) is 33.4. The van der Waals surface area contributed by atoms with Crippen LogP contribution in [0.4, 0.5) is 4.79 Å². The molecule has 2 amide bonds. The highest BCUT2D eigenvalue weighted by molar-refractivity contribution is 5.79. The number of carbonyl (C=O) groups is 1. The van der Waals surface area contributed by atoms with E-state index in [9.17, 15) is 4.79 Å². The maximum absolute atomic E-state index is 11.7. The summed E-state index contributed by atoms with van der Waals surface area (Å²) in [6.45, 7) is 4.31. The average molecular weight is 263 g/mol. The highest BCUT2D eigenvalue weighted by atomic mass is 16.2. The first-order valence-corrected chi connectivity index (χ1v) is 6.84. The van der Waals surface area contributed by atoms with Gasteiger partial charge in [-0.3, -0.25) is 5.32 Å². The van der Waals surface area contributed by atoms with Gasteiger partial charge >= 0.3 is 6.03 Å². The van der Waals surface area contributed by atoms with E-state index in [1.54, 1.807) is 0 Å². The summed E-state index contributed by atoms with van der Waals surface area (Å²) in [5.74, 6) is 1.53. The molecule has 3 aliphatic heterocycles. The smallest absolute Gasteiger partial charge is 0.322 e. The zero-order valence-electron chi connectivity index (χ0n) is 11.4. The van der Waals surface area contributed by atoms with Crippen molar-refractivity contribution in [3.05, 3.63) is 23.7 Å². The Morgan fingerprint density at radius 3 is 3.05 bits per heavy atom. The summed E-state index contributed by atoms with van der Waals surface area (Å²) in [5, 5.41) is 12.4. The fourth-order valence-electron chi connectivity index (χ4n) is 3.05. The van der Waals surface area contributed by atoms with Crippen LogP contribution < -0.4 is 21.3 Å². The van der Waals surface area contributed by atoms with Crippen molar-refractivity contribution < 1.29 is 4.79 Å². The first-order chi connectivity index (χ1) is 9.16. The van der Waals surface area contributed by atoms with Gasteiger partial charge in [-0.25, -0.2) is 4.79 Å². The van der Waals surface area contributed by atoms with Gasteiger partial charge in [0, 0.05) is 25.2 Å². The quantitative estimate of drug-likeness (QED) is 0.561. The molecular formula is C13H21N5O. The van der Waals surface area contributed by atoms with E-state index in [4.69, 9.17) is 0 Å². The van der Waals surface area contributed by atoms with E-state index in [-0.39, 0.29) is 12.2 Å². The summed E-state index contributed by atoms with van der Waals surface area (Å²) >= 11 is 0. The van der Waals surface area contributed by atoms with Crippen molar-refractivity contribution in [2.45, 2.75) is 25.6 Å². The fraction of sp³-hybridized carbons (Fsp3) is 0.615. The van der Waals surface area contributed by atoms with Crippen LogP contribution in [0.5, 0.6) is 0 Å². The van der Waals surface area contributed by atoms with Gasteiger partial charge in [-0.2, -0.15) is 0 Å². The van der Waals surface area contributed by atoms with Gasteiger partial charge in [-0.1, -0.05) is 6.92 Å². The molecule has 0 aromatic heterocycles. The lowest BCUT2D eigenvalue weighted by atomic mass is 9.93. The number of likely N-dealkylation sites (N-methyl/N-ethyl adjacent to an activating group) is 1. The maximum Gasteiger partial charge on any atom is 0.322 e. The second kappa shape index (κ2) is 4.77. The first kappa shape index (κ1) is 12.3. The van der Waals surface area contributed by atoms with Crippen LogP contribution in [0, 0.1) is 5.92 Å². The molecule has 6 heteroatoms. The molecular weight excluding hydrogens is 242 g/mol. The van der Waals surface area contributed by atoms with Crippen molar-refractivity contribution in [1.29, 1.82) is 0 Å². The summed E-state index contributed by atoms with van der Waals surface area (Å²) in [4.78, 5) is 13.9. The Morgan fingerprint density at radius 2 is 2.26 bits per heavy atom. The summed E-state index contributed by atoms with van der Waals surface area (Å²) in [7, 11) is 2.06. The van der Waals surface area contributed by atoms with Gasteiger partial charge in [0.25, 0.3) is 0 Å². The van der Waals surface area contributed by atoms with Crippen molar-refractivity contribution in [3.8, 4) is 0 Å². The largest absolute Gasteiger partial charge is 0.367 e. The Kier molecular flexibility index (Phi) is 3.10. The number of fused-ring (bicyclic) bond motifs is 1. The lowest BCUT2D eigenvalue weighted by Crippen LogP contribution is -2.57. The lowest BCUT2D eigenvalue weighted by molar-refractivity contribution is 0.170. The average Bonchev–Trinajstić information content (AvgIpc) is 2.85. The molecule has 0 bridgehead atoms. The molecule has 3 heterocycles. The van der Waals surface area contributed by atoms with E-state index < -0.39 is 0 Å². The predicted molar refractivity (Wildman–Crippen MR) is 73.0 cm³/mol. The second-order valence-corrected chi connectivity index (χ2v) is 5.48. The number of nitrogens with one attached hydrogen (secondary N) is 4. The van der Waals surface area contributed by atoms with E-state index >= 15 is 0 Å². The molecule has 0 saturated carbocycles. The molecule has 1 fully saturated rings. The molecule has 0 radical (unpaired) electrons. The molecule has 3 atom stereocenters. The SMILES string of the molecule is CC1CCNCC1N(C)C1=C2C=CNC2NC(=O)N1. The molecule has 6 nitrogen and oxygen atoms in total. The van der Waals surface area contributed by atoms with Crippen LogP contribution in [-0.4, -0.2) is 43.3 Å². The van der Waals surface area contributed by atoms with Gasteiger partial charge in [0.15, 0.2) is 0 Å². The molecule has 104 valence electrons. The minimum absolute atomic E-state index is 0.0990. The van der Waals surface area contributed by atoms with Crippen LogP contribution in [-0.2, 0) is 0 Å². The van der Waals surface area contributed by atoms with Gasteiger partial charge in [0.05, 0.1) is 0 Å². The molecule has 3 rings (SSSR count). The highest BCUT2D eigenvalue weighted by Gasteiger charge is 2.33. The third-order valence-electron chi connectivity index (χ3n) is 4.25. The molecule has 0 aliphatic carbocycles. The summed E-state index contributed by atoms with van der Waals surface area (Å²) in [6, 6.07) is 0.257. The monoisotopic (exact) mass is 263 g/mol. The molecule has 0 aromatic rings. The van der Waals surface area contributed by atoms with E-state index in [1.807, 2.05) is 12.3 Å². The van der Waals surface area contributed by atoms with Crippen molar-refractivity contribution in [2.24, 2.45) is 5.92 Å². The third-order valence-corrected chi connectivity index (χ3v) is 4.25. The number of nitrogens with zero attached hydrogens (tertiary/aromatic N) is 1. The maximum atomic E-state index is 11.7. The Hall–Kier alpha value is -1.69. The molecule has 3 unspecified atom stereocenters. The van der Waals surface area contributed by atoms with Crippen molar-refractivity contribution >= 4 is 6.03 Å². The van der Waals surface area contributed by atoms with E-state index in [2.05, 4.69) is 40.1 Å². The van der Waals surface area contributed by atoms with Crippen molar-refractivity contribution in [3.63, 3.8) is 0 Å². The summed E-state index contributed by atoms with van der Waals surface area (Å²) in [6.07, 6.45) is 4.97. The number of urea groups is 1.